The van der Waals surface area contributed by atoms with Crippen LogP contribution in [0.5, 0.6) is 5.75 Å². The number of nitrogens with two attached hydrogens (primary N) is 2. The molecule has 1 fully saturated rings. The number of hydrogen-bond donors (Lipinski definition) is 2. The van der Waals surface area contributed by atoms with Crippen molar-refractivity contribution in [1.82, 2.24) is 0 Å². The van der Waals surface area contributed by atoms with Crippen LogP contribution in [-0.4, -0.2) is 18.1 Å². The Morgan fingerprint density at radius 2 is 2.30 bits per heavy atom. The summed E-state index contributed by atoms with van der Waals surface area (Å²) in [5.41, 5.74) is 11.3. The Morgan fingerprint density at radius 1 is 1.55 bits per heavy atom. The molecule has 4 N–H and O–H groups in total. The van der Waals surface area contributed by atoms with Crippen molar-refractivity contribution in [2.45, 2.75) is 38.1 Å². The zero-order chi connectivity index (χ0) is 14.8. The highest BCUT2D eigenvalue weighted by atomic mass is 19.1. The molecule has 0 saturated heterocycles. The van der Waals surface area contributed by atoms with Gasteiger partial charge in [0.25, 0.3) is 0 Å². The zero-order valence-electron chi connectivity index (χ0n) is 11.7. The van der Waals surface area contributed by atoms with Gasteiger partial charge in [-0.25, -0.2) is 4.39 Å². The quantitative estimate of drug-likeness (QED) is 0.864. The highest BCUT2D eigenvalue weighted by molar-refractivity contribution is 5.85. The Bertz CT molecular complexity index is 507. The van der Waals surface area contributed by atoms with Gasteiger partial charge >= 0.3 is 0 Å². The van der Waals surface area contributed by atoms with Crippen LogP contribution in [0.4, 0.5) is 4.39 Å². The second-order valence-corrected chi connectivity index (χ2v) is 5.54. The first-order valence-corrected chi connectivity index (χ1v) is 6.91. The van der Waals surface area contributed by atoms with Crippen molar-refractivity contribution >= 4 is 5.91 Å². The van der Waals surface area contributed by atoms with Crippen molar-refractivity contribution in [3.63, 3.8) is 0 Å². The fourth-order valence-electron chi connectivity index (χ4n) is 2.91. The maximum absolute atomic E-state index is 13.0. The van der Waals surface area contributed by atoms with E-state index in [1.165, 1.54) is 12.1 Å². The SMILES string of the molecule is Cc1cc(F)ccc1OCCC1CCCC1(N)C(N)=O. The van der Waals surface area contributed by atoms with Gasteiger partial charge in [0.1, 0.15) is 11.6 Å². The van der Waals surface area contributed by atoms with Crippen molar-refractivity contribution in [2.75, 3.05) is 6.61 Å². The lowest BCUT2D eigenvalue weighted by Crippen LogP contribution is -2.54. The molecule has 0 heterocycles. The molecular formula is C15H21FN2O2. The Balaban J connectivity index is 1.91. The third-order valence-corrected chi connectivity index (χ3v) is 4.19. The molecule has 0 radical (unpaired) electrons. The first-order chi connectivity index (χ1) is 9.43. The highest BCUT2D eigenvalue weighted by Crippen LogP contribution is 2.36. The zero-order valence-corrected chi connectivity index (χ0v) is 11.7. The fraction of sp³-hybridized carbons (Fsp3) is 0.533. The minimum atomic E-state index is -0.902. The summed E-state index contributed by atoms with van der Waals surface area (Å²) in [5, 5.41) is 0. The predicted octanol–water partition coefficient (Wildman–Crippen LogP) is 1.89. The largest absolute Gasteiger partial charge is 0.493 e. The molecule has 2 rings (SSSR count). The highest BCUT2D eigenvalue weighted by Gasteiger charge is 2.43. The van der Waals surface area contributed by atoms with Crippen LogP contribution < -0.4 is 16.2 Å². The van der Waals surface area contributed by atoms with Crippen LogP contribution in [-0.2, 0) is 4.79 Å². The molecular weight excluding hydrogens is 259 g/mol. The van der Waals surface area contributed by atoms with E-state index < -0.39 is 11.4 Å². The molecule has 110 valence electrons. The maximum atomic E-state index is 13.0. The number of carbonyl (C=O) groups is 1. The lowest BCUT2D eigenvalue weighted by molar-refractivity contribution is -0.124. The van der Waals surface area contributed by atoms with E-state index in [9.17, 15) is 9.18 Å². The van der Waals surface area contributed by atoms with Gasteiger partial charge in [0, 0.05) is 0 Å². The monoisotopic (exact) mass is 280 g/mol. The molecule has 1 aromatic carbocycles. The van der Waals surface area contributed by atoms with Crippen molar-refractivity contribution in [1.29, 1.82) is 0 Å². The summed E-state index contributed by atoms with van der Waals surface area (Å²) in [6, 6.07) is 4.42. The molecule has 4 nitrogen and oxygen atoms in total. The van der Waals surface area contributed by atoms with Gasteiger partial charge in [0.15, 0.2) is 0 Å². The molecule has 1 aliphatic carbocycles. The standard InChI is InChI=1S/C15H21FN2O2/c1-10-9-12(16)4-5-13(10)20-8-6-11-3-2-7-15(11,18)14(17)19/h4-5,9,11H,2-3,6-8,18H2,1H3,(H2,17,19). The van der Waals surface area contributed by atoms with Gasteiger partial charge in [-0.15, -0.1) is 0 Å². The number of benzene rings is 1. The Kier molecular flexibility index (Phi) is 4.28. The topological polar surface area (TPSA) is 78.3 Å². The second-order valence-electron chi connectivity index (χ2n) is 5.54. The third-order valence-electron chi connectivity index (χ3n) is 4.19. The molecule has 1 amide bonds. The summed E-state index contributed by atoms with van der Waals surface area (Å²) in [6.45, 7) is 2.24. The third kappa shape index (κ3) is 2.93. The summed E-state index contributed by atoms with van der Waals surface area (Å²) in [4.78, 5) is 11.5. The van der Waals surface area contributed by atoms with Crippen LogP contribution in [0.2, 0.25) is 0 Å². The molecule has 2 unspecified atom stereocenters. The van der Waals surface area contributed by atoms with Crippen LogP contribution >= 0.6 is 0 Å². The van der Waals surface area contributed by atoms with E-state index in [-0.39, 0.29) is 11.7 Å². The normalized spacial score (nSPS) is 25.6. The first kappa shape index (κ1) is 14.8. The van der Waals surface area contributed by atoms with E-state index in [0.717, 1.165) is 18.4 Å². The number of amides is 1. The van der Waals surface area contributed by atoms with E-state index >= 15 is 0 Å². The number of carbonyl (C=O) groups excluding carboxylic acids is 1. The van der Waals surface area contributed by atoms with Crippen molar-refractivity contribution < 1.29 is 13.9 Å². The molecule has 0 aromatic heterocycles. The van der Waals surface area contributed by atoms with E-state index in [1.54, 1.807) is 13.0 Å². The summed E-state index contributed by atoms with van der Waals surface area (Å²) in [7, 11) is 0. The average molecular weight is 280 g/mol. The predicted molar refractivity (Wildman–Crippen MR) is 74.7 cm³/mol. The summed E-state index contributed by atoms with van der Waals surface area (Å²) < 4.78 is 18.6. The van der Waals surface area contributed by atoms with Crippen LogP contribution in [0.3, 0.4) is 0 Å². The summed E-state index contributed by atoms with van der Waals surface area (Å²) in [6.07, 6.45) is 3.13. The molecule has 5 heteroatoms. The van der Waals surface area contributed by atoms with Crippen LogP contribution in [0.15, 0.2) is 18.2 Å². The number of halogens is 1. The molecule has 0 bridgehead atoms. The van der Waals surface area contributed by atoms with Crippen molar-refractivity contribution in [2.24, 2.45) is 17.4 Å². The summed E-state index contributed by atoms with van der Waals surface area (Å²) >= 11 is 0. The van der Waals surface area contributed by atoms with E-state index in [0.29, 0.717) is 25.2 Å². The first-order valence-electron chi connectivity index (χ1n) is 6.91. The van der Waals surface area contributed by atoms with Crippen molar-refractivity contribution in [3.8, 4) is 5.75 Å². The van der Waals surface area contributed by atoms with Gasteiger partial charge in [-0.05, 0) is 55.9 Å². The molecule has 20 heavy (non-hydrogen) atoms. The van der Waals surface area contributed by atoms with Gasteiger partial charge in [-0.1, -0.05) is 6.42 Å². The smallest absolute Gasteiger partial charge is 0.237 e. The lowest BCUT2D eigenvalue weighted by Gasteiger charge is -2.28. The Morgan fingerprint density at radius 3 is 2.95 bits per heavy atom. The molecule has 1 aliphatic rings. The molecule has 1 aromatic rings. The molecule has 0 spiro atoms. The van der Waals surface area contributed by atoms with Crippen LogP contribution in [0.1, 0.15) is 31.2 Å². The van der Waals surface area contributed by atoms with Gasteiger partial charge in [-0.3, -0.25) is 4.79 Å². The molecule has 0 aliphatic heterocycles. The van der Waals surface area contributed by atoms with E-state index in [4.69, 9.17) is 16.2 Å². The Labute approximate surface area is 118 Å². The second kappa shape index (κ2) is 5.79. The van der Waals surface area contributed by atoms with Gasteiger partial charge in [-0.2, -0.15) is 0 Å². The van der Waals surface area contributed by atoms with Crippen LogP contribution in [0.25, 0.3) is 0 Å². The average Bonchev–Trinajstić information content (AvgIpc) is 2.75. The number of ether oxygens (including phenoxy) is 1. The number of rotatable bonds is 5. The number of primary amides is 1. The molecule has 1 saturated carbocycles. The van der Waals surface area contributed by atoms with Crippen molar-refractivity contribution in [3.05, 3.63) is 29.6 Å². The van der Waals surface area contributed by atoms with E-state index in [2.05, 4.69) is 0 Å². The van der Waals surface area contributed by atoms with Gasteiger partial charge < -0.3 is 16.2 Å². The minimum absolute atomic E-state index is 0.0563. The van der Waals surface area contributed by atoms with Gasteiger partial charge in [0.2, 0.25) is 5.91 Å². The van der Waals surface area contributed by atoms with Gasteiger partial charge in [0.05, 0.1) is 12.1 Å². The van der Waals surface area contributed by atoms with E-state index in [1.807, 2.05) is 0 Å². The number of aryl methyl sites for hydroxylation is 1. The Hall–Kier alpha value is -1.62. The molecule has 2 atom stereocenters. The van der Waals surface area contributed by atoms with Crippen LogP contribution in [0, 0.1) is 18.7 Å². The lowest BCUT2D eigenvalue weighted by atomic mass is 9.85. The number of hydrogen-bond acceptors (Lipinski definition) is 3. The maximum Gasteiger partial charge on any atom is 0.237 e. The fourth-order valence-corrected chi connectivity index (χ4v) is 2.91. The summed E-state index contributed by atoms with van der Waals surface area (Å²) in [5.74, 6) is 0.00478. The minimum Gasteiger partial charge on any atom is -0.493 e.